The number of fused-ring (bicyclic) bond motifs is 1. The van der Waals surface area contributed by atoms with Crippen molar-refractivity contribution in [3.8, 4) is 11.5 Å². The van der Waals surface area contributed by atoms with E-state index >= 15 is 0 Å². The van der Waals surface area contributed by atoms with Crippen LogP contribution in [-0.2, 0) is 17.8 Å². The summed E-state index contributed by atoms with van der Waals surface area (Å²) in [6, 6.07) is 20.5. The molecule has 0 aliphatic heterocycles. The van der Waals surface area contributed by atoms with Gasteiger partial charge in [0.2, 0.25) is 0 Å². The van der Waals surface area contributed by atoms with E-state index in [9.17, 15) is 9.59 Å². The van der Waals surface area contributed by atoms with Crippen LogP contribution in [0.1, 0.15) is 43.8 Å². The maximum absolute atomic E-state index is 12.8. The number of carbonyl (C=O) groups is 2. The van der Waals surface area contributed by atoms with Gasteiger partial charge in [-0.05, 0) is 59.9 Å². The first-order valence-corrected chi connectivity index (χ1v) is 10.4. The normalized spacial score (nSPS) is 14.1. The number of hydrogen-bond acceptors (Lipinski definition) is 5. The van der Waals surface area contributed by atoms with Crippen LogP contribution in [-0.4, -0.2) is 26.0 Å². The Kier molecular flexibility index (Phi) is 6.36. The van der Waals surface area contributed by atoms with Gasteiger partial charge in [0.15, 0.2) is 17.3 Å². The largest absolute Gasteiger partial charge is 0.493 e. The zero-order valence-electron chi connectivity index (χ0n) is 18.1. The summed E-state index contributed by atoms with van der Waals surface area (Å²) in [5.74, 6) is 0.909. The Labute approximate surface area is 187 Å². The number of methoxy groups -OCH3 is 2. The summed E-state index contributed by atoms with van der Waals surface area (Å²) < 4.78 is 16.1. The molecule has 0 heterocycles. The minimum Gasteiger partial charge on any atom is -0.493 e. The number of aryl methyl sites for hydroxylation is 1. The third kappa shape index (κ3) is 4.57. The molecule has 0 saturated carbocycles. The van der Waals surface area contributed by atoms with Crippen molar-refractivity contribution >= 4 is 17.8 Å². The maximum Gasteiger partial charge on any atom is 0.337 e. The summed E-state index contributed by atoms with van der Waals surface area (Å²) in [4.78, 5) is 24.4. The summed E-state index contributed by atoms with van der Waals surface area (Å²) in [5.41, 5.74) is 4.98. The number of esters is 1. The molecule has 0 saturated heterocycles. The van der Waals surface area contributed by atoms with E-state index in [1.54, 1.807) is 19.2 Å². The first-order valence-electron chi connectivity index (χ1n) is 10.4. The molecule has 0 unspecified atom stereocenters. The van der Waals surface area contributed by atoms with Crippen LogP contribution in [0.3, 0.4) is 0 Å². The van der Waals surface area contributed by atoms with Crippen LogP contribution in [0.25, 0.3) is 6.08 Å². The van der Waals surface area contributed by atoms with Gasteiger partial charge < -0.3 is 14.2 Å². The molecule has 5 heteroatoms. The van der Waals surface area contributed by atoms with Gasteiger partial charge in [-0.15, -0.1) is 0 Å². The first kappa shape index (κ1) is 21.4. The van der Waals surface area contributed by atoms with Gasteiger partial charge in [-0.1, -0.05) is 42.5 Å². The Balaban J connectivity index is 1.48. The van der Waals surface area contributed by atoms with Crippen LogP contribution < -0.4 is 9.47 Å². The van der Waals surface area contributed by atoms with Crippen molar-refractivity contribution in [3.63, 3.8) is 0 Å². The minimum absolute atomic E-state index is 0.0848. The number of benzene rings is 3. The van der Waals surface area contributed by atoms with Crippen LogP contribution >= 0.6 is 0 Å². The Morgan fingerprint density at radius 3 is 2.47 bits per heavy atom. The molecule has 1 aliphatic carbocycles. The number of ether oxygens (including phenoxy) is 3. The molecule has 0 amide bonds. The Bertz CT molecular complexity index is 1170. The molecule has 162 valence electrons. The van der Waals surface area contributed by atoms with Gasteiger partial charge in [-0.3, -0.25) is 4.79 Å². The highest BCUT2D eigenvalue weighted by molar-refractivity contribution is 6.13. The van der Waals surface area contributed by atoms with E-state index in [1.807, 2.05) is 60.7 Å². The number of hydrogen-bond donors (Lipinski definition) is 0. The van der Waals surface area contributed by atoms with Gasteiger partial charge in [0.25, 0.3) is 0 Å². The van der Waals surface area contributed by atoms with Crippen molar-refractivity contribution in [3.05, 3.63) is 100 Å². The van der Waals surface area contributed by atoms with Gasteiger partial charge in [0.05, 0.1) is 19.8 Å². The third-order valence-electron chi connectivity index (χ3n) is 5.52. The molecule has 4 rings (SSSR count). The smallest absolute Gasteiger partial charge is 0.337 e. The predicted octanol–water partition coefficient (Wildman–Crippen LogP) is 5.27. The maximum atomic E-state index is 12.8. The lowest BCUT2D eigenvalue weighted by Crippen LogP contribution is -2.13. The van der Waals surface area contributed by atoms with Crippen LogP contribution in [0.2, 0.25) is 0 Å². The van der Waals surface area contributed by atoms with Crippen molar-refractivity contribution in [2.45, 2.75) is 19.4 Å². The van der Waals surface area contributed by atoms with Gasteiger partial charge in [0, 0.05) is 11.1 Å². The lowest BCUT2D eigenvalue weighted by atomic mass is 9.86. The first-order chi connectivity index (χ1) is 15.6. The summed E-state index contributed by atoms with van der Waals surface area (Å²) >= 11 is 0. The molecule has 0 atom stereocenters. The average Bonchev–Trinajstić information content (AvgIpc) is 2.84. The van der Waals surface area contributed by atoms with Crippen LogP contribution in [0.15, 0.2) is 72.3 Å². The van der Waals surface area contributed by atoms with Gasteiger partial charge in [0.1, 0.15) is 6.61 Å². The third-order valence-corrected chi connectivity index (χ3v) is 5.52. The van der Waals surface area contributed by atoms with E-state index in [2.05, 4.69) is 0 Å². The van der Waals surface area contributed by atoms with Gasteiger partial charge in [-0.2, -0.15) is 0 Å². The van der Waals surface area contributed by atoms with Gasteiger partial charge in [-0.25, -0.2) is 4.79 Å². The molecule has 0 N–H and O–H groups in total. The molecule has 0 bridgehead atoms. The number of allylic oxidation sites excluding steroid dienone is 1. The number of Topliss-reactive ketones (excluding diaryl/α,β-unsaturated/α-hetero) is 1. The lowest BCUT2D eigenvalue weighted by Gasteiger charge is -2.17. The van der Waals surface area contributed by atoms with Crippen molar-refractivity contribution in [2.75, 3.05) is 14.2 Å². The fourth-order valence-corrected chi connectivity index (χ4v) is 3.76. The molecule has 32 heavy (non-hydrogen) atoms. The van der Waals surface area contributed by atoms with Crippen LogP contribution in [0, 0.1) is 0 Å². The van der Waals surface area contributed by atoms with E-state index in [1.165, 1.54) is 7.11 Å². The second-order valence-electron chi connectivity index (χ2n) is 7.54. The number of rotatable bonds is 6. The van der Waals surface area contributed by atoms with E-state index < -0.39 is 0 Å². The SMILES string of the molecule is COC(=O)c1ccc(COc2ccc(/C=C3/CCc4ccccc4C3=O)cc2OC)cc1. The Morgan fingerprint density at radius 1 is 0.938 bits per heavy atom. The zero-order valence-corrected chi connectivity index (χ0v) is 18.1. The Morgan fingerprint density at radius 2 is 1.72 bits per heavy atom. The zero-order chi connectivity index (χ0) is 22.5. The molecular formula is C27H24O5. The summed E-state index contributed by atoms with van der Waals surface area (Å²) in [6.45, 7) is 0.327. The lowest BCUT2D eigenvalue weighted by molar-refractivity contribution is 0.0600. The van der Waals surface area contributed by atoms with Crippen molar-refractivity contribution in [2.24, 2.45) is 0 Å². The quantitative estimate of drug-likeness (QED) is 0.395. The second kappa shape index (κ2) is 9.52. The molecule has 5 nitrogen and oxygen atoms in total. The number of ketones is 1. The monoisotopic (exact) mass is 428 g/mol. The highest BCUT2D eigenvalue weighted by Gasteiger charge is 2.21. The highest BCUT2D eigenvalue weighted by atomic mass is 16.5. The van der Waals surface area contributed by atoms with Crippen LogP contribution in [0.4, 0.5) is 0 Å². The van der Waals surface area contributed by atoms with E-state index in [0.717, 1.165) is 40.7 Å². The van der Waals surface area contributed by atoms with Crippen molar-refractivity contribution < 1.29 is 23.8 Å². The molecule has 3 aromatic carbocycles. The van der Waals surface area contributed by atoms with E-state index in [4.69, 9.17) is 14.2 Å². The average molecular weight is 428 g/mol. The highest BCUT2D eigenvalue weighted by Crippen LogP contribution is 2.32. The fourth-order valence-electron chi connectivity index (χ4n) is 3.76. The van der Waals surface area contributed by atoms with E-state index in [0.29, 0.717) is 23.7 Å². The summed E-state index contributed by atoms with van der Waals surface area (Å²) in [5, 5.41) is 0. The van der Waals surface area contributed by atoms with Crippen molar-refractivity contribution in [1.29, 1.82) is 0 Å². The minimum atomic E-state index is -0.371. The number of carbonyl (C=O) groups excluding carboxylic acids is 2. The molecule has 0 aromatic heterocycles. The molecular weight excluding hydrogens is 404 g/mol. The molecule has 0 radical (unpaired) electrons. The molecule has 0 spiro atoms. The molecule has 0 fully saturated rings. The van der Waals surface area contributed by atoms with Crippen molar-refractivity contribution in [1.82, 2.24) is 0 Å². The summed E-state index contributed by atoms with van der Waals surface area (Å²) in [6.07, 6.45) is 3.51. The fraction of sp³-hybridized carbons (Fsp3) is 0.185. The van der Waals surface area contributed by atoms with Crippen LogP contribution in [0.5, 0.6) is 11.5 Å². The van der Waals surface area contributed by atoms with E-state index in [-0.39, 0.29) is 11.8 Å². The molecule has 1 aliphatic rings. The molecule has 3 aromatic rings. The topological polar surface area (TPSA) is 61.8 Å². The standard InChI is InChI=1S/C27H24O5/c1-30-25-16-19(15-22-13-12-20-5-3-4-6-23(20)26(22)28)9-14-24(25)32-17-18-7-10-21(11-8-18)27(29)31-2/h3-11,14-16H,12-13,17H2,1-2H3/b22-15-. The predicted molar refractivity (Wildman–Crippen MR) is 122 cm³/mol. The summed E-state index contributed by atoms with van der Waals surface area (Å²) in [7, 11) is 2.95. The van der Waals surface area contributed by atoms with Gasteiger partial charge >= 0.3 is 5.97 Å². The Hall–Kier alpha value is -3.86. The second-order valence-corrected chi connectivity index (χ2v) is 7.54.